The molecule has 4 heterocycles. The monoisotopic (exact) mass is 559 g/mol. The number of amides is 2. The number of rotatable bonds is 8. The molecule has 0 aliphatic carbocycles. The standard InChI is InChI=1S/C27H32F3N7O3/c1-26(2,40)22(28)15-36-14-17-11-20(33-24(38)19-13-32-37-6-4-5-31-23(19)37)21(12-18(17)25(36)39)35-9-7-34(8-10-35)16-27(3,29)30/h4-6,11-13,22,40H,7-10,14-16H2,1-3H3,(H,33,38)/t22-/m1/s1. The van der Waals surface area contributed by atoms with E-state index in [2.05, 4.69) is 15.4 Å². The number of aliphatic hydroxyl groups is 1. The second-order valence-corrected chi connectivity index (χ2v) is 11.1. The first-order valence-corrected chi connectivity index (χ1v) is 13.1. The molecule has 2 N–H and O–H groups in total. The predicted octanol–water partition coefficient (Wildman–Crippen LogP) is 2.82. The van der Waals surface area contributed by atoms with Crippen molar-refractivity contribution in [1.29, 1.82) is 0 Å². The number of aromatic nitrogens is 3. The van der Waals surface area contributed by atoms with E-state index >= 15 is 0 Å². The third-order valence-electron chi connectivity index (χ3n) is 7.23. The highest BCUT2D eigenvalue weighted by Crippen LogP contribution is 2.36. The van der Waals surface area contributed by atoms with E-state index in [0.29, 0.717) is 54.3 Å². The second kappa shape index (κ2) is 10.4. The molecule has 1 aromatic carbocycles. The van der Waals surface area contributed by atoms with Gasteiger partial charge in [0.05, 0.1) is 36.3 Å². The number of nitrogens with zero attached hydrogens (tertiary/aromatic N) is 6. The summed E-state index contributed by atoms with van der Waals surface area (Å²) in [5.74, 6) is -3.65. The summed E-state index contributed by atoms with van der Waals surface area (Å²) in [5, 5.41) is 17.1. The van der Waals surface area contributed by atoms with Crippen molar-refractivity contribution in [3.63, 3.8) is 0 Å². The Kier molecular flexibility index (Phi) is 7.21. The molecule has 0 unspecified atom stereocenters. The van der Waals surface area contributed by atoms with Crippen LogP contribution in [0.5, 0.6) is 0 Å². The zero-order chi connectivity index (χ0) is 28.8. The molecule has 0 radical (unpaired) electrons. The van der Waals surface area contributed by atoms with Crippen LogP contribution >= 0.6 is 0 Å². The molecule has 5 rings (SSSR count). The van der Waals surface area contributed by atoms with E-state index < -0.39 is 23.6 Å². The summed E-state index contributed by atoms with van der Waals surface area (Å²) in [5.41, 5.74) is 0.988. The van der Waals surface area contributed by atoms with Gasteiger partial charge in [0.2, 0.25) is 0 Å². The fourth-order valence-electron chi connectivity index (χ4n) is 5.05. The zero-order valence-corrected chi connectivity index (χ0v) is 22.6. The van der Waals surface area contributed by atoms with Gasteiger partial charge in [-0.2, -0.15) is 5.10 Å². The first-order chi connectivity index (χ1) is 18.8. The number of halogens is 3. The maximum absolute atomic E-state index is 14.6. The minimum atomic E-state index is -2.81. The number of alkyl halides is 3. The molecule has 0 spiro atoms. The van der Waals surface area contributed by atoms with Gasteiger partial charge in [-0.05, 0) is 37.6 Å². The second-order valence-electron chi connectivity index (χ2n) is 11.1. The smallest absolute Gasteiger partial charge is 0.261 e. The highest BCUT2D eigenvalue weighted by Gasteiger charge is 2.36. The number of piperazine rings is 1. The first-order valence-electron chi connectivity index (χ1n) is 13.1. The van der Waals surface area contributed by atoms with E-state index in [-0.39, 0.29) is 31.1 Å². The van der Waals surface area contributed by atoms with Gasteiger partial charge in [0.15, 0.2) is 5.65 Å². The van der Waals surface area contributed by atoms with E-state index in [9.17, 15) is 27.9 Å². The Morgan fingerprint density at radius 1 is 1.18 bits per heavy atom. The molecule has 0 saturated carbocycles. The van der Waals surface area contributed by atoms with Crippen molar-refractivity contribution >= 4 is 28.8 Å². The fourth-order valence-corrected chi connectivity index (χ4v) is 5.05. The molecular weight excluding hydrogens is 527 g/mol. The summed E-state index contributed by atoms with van der Waals surface area (Å²) >= 11 is 0. The summed E-state index contributed by atoms with van der Waals surface area (Å²) in [6.45, 7) is 4.62. The molecule has 2 amide bonds. The highest BCUT2D eigenvalue weighted by atomic mass is 19.3. The van der Waals surface area contributed by atoms with Crippen LogP contribution < -0.4 is 10.2 Å². The topological polar surface area (TPSA) is 106 Å². The number of anilines is 2. The third kappa shape index (κ3) is 5.75. The van der Waals surface area contributed by atoms with Gasteiger partial charge >= 0.3 is 0 Å². The van der Waals surface area contributed by atoms with Gasteiger partial charge in [-0.1, -0.05) is 0 Å². The Morgan fingerprint density at radius 2 is 1.90 bits per heavy atom. The normalized spacial score (nSPS) is 17.4. The minimum Gasteiger partial charge on any atom is -0.387 e. The Bertz CT molecular complexity index is 1420. The average molecular weight is 560 g/mol. The number of carbonyl (C=O) groups excluding carboxylic acids is 2. The molecule has 3 aromatic rings. The summed E-state index contributed by atoms with van der Waals surface area (Å²) in [7, 11) is 0. The molecule has 1 atom stereocenters. The summed E-state index contributed by atoms with van der Waals surface area (Å²) < 4.78 is 43.3. The van der Waals surface area contributed by atoms with Crippen LogP contribution in [0.15, 0.2) is 36.8 Å². The zero-order valence-electron chi connectivity index (χ0n) is 22.6. The van der Waals surface area contributed by atoms with E-state index in [1.165, 1.54) is 29.5 Å². The molecule has 10 nitrogen and oxygen atoms in total. The molecule has 0 bridgehead atoms. The van der Waals surface area contributed by atoms with E-state index in [1.807, 2.05) is 4.90 Å². The van der Waals surface area contributed by atoms with Gasteiger partial charge in [0, 0.05) is 57.6 Å². The lowest BCUT2D eigenvalue weighted by atomic mass is 10.0. The summed E-state index contributed by atoms with van der Waals surface area (Å²) in [6.07, 6.45) is 2.99. The van der Waals surface area contributed by atoms with Crippen molar-refractivity contribution in [3.8, 4) is 0 Å². The van der Waals surface area contributed by atoms with Crippen molar-refractivity contribution in [1.82, 2.24) is 24.4 Å². The molecule has 13 heteroatoms. The molecule has 1 fully saturated rings. The van der Waals surface area contributed by atoms with Crippen LogP contribution in [0.2, 0.25) is 0 Å². The molecule has 2 aliphatic heterocycles. The van der Waals surface area contributed by atoms with Crippen LogP contribution in [0.1, 0.15) is 47.1 Å². The molecule has 2 aromatic heterocycles. The molecular formula is C27H32F3N7O3. The van der Waals surface area contributed by atoms with Gasteiger partial charge in [0.1, 0.15) is 11.7 Å². The number of carbonyl (C=O) groups is 2. The lowest BCUT2D eigenvalue weighted by molar-refractivity contribution is -0.0163. The Morgan fingerprint density at radius 3 is 2.58 bits per heavy atom. The molecule has 2 aliphatic rings. The van der Waals surface area contributed by atoms with Crippen LogP contribution in [0, 0.1) is 0 Å². The van der Waals surface area contributed by atoms with Crippen LogP contribution in [0.4, 0.5) is 24.5 Å². The van der Waals surface area contributed by atoms with Crippen LogP contribution in [-0.2, 0) is 6.54 Å². The number of hydrogen-bond acceptors (Lipinski definition) is 7. The lowest BCUT2D eigenvalue weighted by Crippen LogP contribution is -2.49. The van der Waals surface area contributed by atoms with Crippen LogP contribution in [0.25, 0.3) is 5.65 Å². The van der Waals surface area contributed by atoms with E-state index in [0.717, 1.165) is 6.92 Å². The van der Waals surface area contributed by atoms with Gasteiger partial charge < -0.3 is 20.2 Å². The minimum absolute atomic E-state index is 0.117. The van der Waals surface area contributed by atoms with Crippen molar-refractivity contribution in [3.05, 3.63) is 53.5 Å². The van der Waals surface area contributed by atoms with Crippen molar-refractivity contribution < 1.29 is 27.9 Å². The van der Waals surface area contributed by atoms with Crippen LogP contribution in [0.3, 0.4) is 0 Å². The SMILES string of the molecule is CC(F)(F)CN1CCN(c2cc3c(cc2NC(=O)c2cnn4cccnc24)CN(C[C@@H](F)C(C)(C)O)C3=O)CC1. The van der Waals surface area contributed by atoms with E-state index in [1.54, 1.807) is 35.5 Å². The predicted molar refractivity (Wildman–Crippen MR) is 143 cm³/mol. The maximum atomic E-state index is 14.6. The van der Waals surface area contributed by atoms with Gasteiger partial charge in [0.25, 0.3) is 17.7 Å². The number of nitrogens with one attached hydrogen (secondary N) is 1. The highest BCUT2D eigenvalue weighted by molar-refractivity contribution is 6.10. The van der Waals surface area contributed by atoms with Gasteiger partial charge in [-0.15, -0.1) is 0 Å². The average Bonchev–Trinajstić information content (AvgIpc) is 3.44. The summed E-state index contributed by atoms with van der Waals surface area (Å²) in [4.78, 5) is 35.8. The molecule has 214 valence electrons. The molecule has 40 heavy (non-hydrogen) atoms. The quantitative estimate of drug-likeness (QED) is 0.437. The number of fused-ring (bicyclic) bond motifs is 2. The van der Waals surface area contributed by atoms with Crippen molar-refractivity contribution in [2.45, 2.75) is 45.0 Å². The maximum Gasteiger partial charge on any atom is 0.261 e. The number of benzene rings is 1. The third-order valence-corrected chi connectivity index (χ3v) is 7.23. The van der Waals surface area contributed by atoms with Gasteiger partial charge in [-0.25, -0.2) is 22.7 Å². The first kappa shape index (κ1) is 27.8. The Balaban J connectivity index is 1.44. The molecule has 1 saturated heterocycles. The van der Waals surface area contributed by atoms with Gasteiger partial charge in [-0.3, -0.25) is 14.5 Å². The van der Waals surface area contributed by atoms with Crippen molar-refractivity contribution in [2.75, 3.05) is 49.5 Å². The van der Waals surface area contributed by atoms with Crippen LogP contribution in [-0.4, -0.2) is 98.3 Å². The number of hydrogen-bond donors (Lipinski definition) is 2. The Hall–Kier alpha value is -3.71. The van der Waals surface area contributed by atoms with Crippen molar-refractivity contribution in [2.24, 2.45) is 0 Å². The Labute approximate surface area is 229 Å². The van der Waals surface area contributed by atoms with E-state index in [4.69, 9.17) is 0 Å². The summed E-state index contributed by atoms with van der Waals surface area (Å²) in [6, 6.07) is 5.06. The largest absolute Gasteiger partial charge is 0.387 e. The lowest BCUT2D eigenvalue weighted by Gasteiger charge is -2.37. The fraction of sp³-hybridized carbons (Fsp3) is 0.481.